The smallest absolute Gasteiger partial charge is 0.207 e. The zero-order valence-corrected chi connectivity index (χ0v) is 12.2. The molecule has 17 heavy (non-hydrogen) atoms. The molecule has 0 aliphatic rings. The Hall–Kier alpha value is -1.07. The SMILES string of the molecule is C=CCNc1nccn1-c1ccc(Br)cc1Br. The van der Waals surface area contributed by atoms with E-state index < -0.39 is 0 Å². The van der Waals surface area contributed by atoms with Crippen LogP contribution in [0.3, 0.4) is 0 Å². The van der Waals surface area contributed by atoms with E-state index in [4.69, 9.17) is 0 Å². The minimum atomic E-state index is 0.686. The average Bonchev–Trinajstić information content (AvgIpc) is 2.74. The molecule has 0 unspecified atom stereocenters. The maximum Gasteiger partial charge on any atom is 0.207 e. The number of rotatable bonds is 4. The molecular weight excluding hydrogens is 346 g/mol. The molecule has 1 heterocycles. The largest absolute Gasteiger partial charge is 0.352 e. The summed E-state index contributed by atoms with van der Waals surface area (Å²) in [7, 11) is 0. The highest BCUT2D eigenvalue weighted by Gasteiger charge is 2.07. The monoisotopic (exact) mass is 355 g/mol. The van der Waals surface area contributed by atoms with E-state index in [1.807, 2.05) is 29.0 Å². The van der Waals surface area contributed by atoms with Gasteiger partial charge >= 0.3 is 0 Å². The predicted octanol–water partition coefficient (Wildman–Crippen LogP) is 4.00. The Labute approximate surface area is 117 Å². The number of aromatic nitrogens is 2. The number of benzene rings is 1. The highest BCUT2D eigenvalue weighted by molar-refractivity contribution is 9.11. The molecule has 0 saturated carbocycles. The molecule has 0 fully saturated rings. The second-order valence-electron chi connectivity index (χ2n) is 3.39. The third-order valence-electron chi connectivity index (χ3n) is 2.21. The fourth-order valence-electron chi connectivity index (χ4n) is 1.47. The first kappa shape index (κ1) is 12.4. The molecule has 0 aliphatic carbocycles. The van der Waals surface area contributed by atoms with Crippen molar-refractivity contribution >= 4 is 37.8 Å². The number of hydrogen-bond donors (Lipinski definition) is 1. The highest BCUT2D eigenvalue weighted by atomic mass is 79.9. The summed E-state index contributed by atoms with van der Waals surface area (Å²) in [5.74, 6) is 0.799. The van der Waals surface area contributed by atoms with E-state index in [1.54, 1.807) is 12.3 Å². The molecule has 0 aliphatic heterocycles. The molecule has 1 aromatic heterocycles. The zero-order chi connectivity index (χ0) is 12.3. The van der Waals surface area contributed by atoms with Gasteiger partial charge in [-0.2, -0.15) is 0 Å². The Bertz CT molecular complexity index is 534. The number of halogens is 2. The Kier molecular flexibility index (Phi) is 4.02. The van der Waals surface area contributed by atoms with Crippen molar-refractivity contribution in [1.29, 1.82) is 0 Å². The standard InChI is InChI=1S/C12H11Br2N3/c1-2-5-15-12-16-6-7-17(12)11-4-3-9(13)8-10(11)14/h2-4,6-8H,1,5H2,(H,15,16). The zero-order valence-electron chi connectivity index (χ0n) is 9.03. The van der Waals surface area contributed by atoms with Gasteiger partial charge in [-0.25, -0.2) is 4.98 Å². The minimum absolute atomic E-state index is 0.686. The molecule has 3 nitrogen and oxygen atoms in total. The Morgan fingerprint density at radius 2 is 2.24 bits per heavy atom. The Morgan fingerprint density at radius 3 is 2.94 bits per heavy atom. The van der Waals surface area contributed by atoms with E-state index in [9.17, 15) is 0 Å². The predicted molar refractivity (Wildman–Crippen MR) is 77.7 cm³/mol. The average molecular weight is 357 g/mol. The van der Waals surface area contributed by atoms with Gasteiger partial charge in [-0.1, -0.05) is 22.0 Å². The van der Waals surface area contributed by atoms with Gasteiger partial charge in [0.2, 0.25) is 5.95 Å². The van der Waals surface area contributed by atoms with Crippen molar-refractivity contribution in [3.8, 4) is 5.69 Å². The molecule has 5 heteroatoms. The topological polar surface area (TPSA) is 29.9 Å². The van der Waals surface area contributed by atoms with E-state index in [-0.39, 0.29) is 0 Å². The van der Waals surface area contributed by atoms with Crippen molar-refractivity contribution in [2.45, 2.75) is 0 Å². The van der Waals surface area contributed by atoms with Gasteiger partial charge in [0.15, 0.2) is 0 Å². The molecule has 1 N–H and O–H groups in total. The third-order valence-corrected chi connectivity index (χ3v) is 3.34. The van der Waals surface area contributed by atoms with Crippen molar-refractivity contribution in [2.24, 2.45) is 0 Å². The van der Waals surface area contributed by atoms with Crippen LogP contribution >= 0.6 is 31.9 Å². The highest BCUT2D eigenvalue weighted by Crippen LogP contribution is 2.26. The van der Waals surface area contributed by atoms with Gasteiger partial charge in [0, 0.05) is 27.9 Å². The van der Waals surface area contributed by atoms with Crippen LogP contribution in [0.2, 0.25) is 0 Å². The van der Waals surface area contributed by atoms with Crippen molar-refractivity contribution in [1.82, 2.24) is 9.55 Å². The van der Waals surface area contributed by atoms with Crippen LogP contribution in [0.1, 0.15) is 0 Å². The van der Waals surface area contributed by atoms with E-state index in [1.165, 1.54) is 0 Å². The summed E-state index contributed by atoms with van der Waals surface area (Å²) in [5.41, 5.74) is 1.04. The second kappa shape index (κ2) is 5.51. The molecule has 0 radical (unpaired) electrons. The van der Waals surface area contributed by atoms with Gasteiger partial charge in [0.05, 0.1) is 5.69 Å². The number of nitrogens with one attached hydrogen (secondary N) is 1. The van der Waals surface area contributed by atoms with Crippen LogP contribution in [0.25, 0.3) is 5.69 Å². The lowest BCUT2D eigenvalue weighted by atomic mass is 10.3. The first-order valence-electron chi connectivity index (χ1n) is 5.06. The number of imidazole rings is 1. The number of anilines is 1. The minimum Gasteiger partial charge on any atom is -0.352 e. The van der Waals surface area contributed by atoms with E-state index in [0.29, 0.717) is 6.54 Å². The van der Waals surface area contributed by atoms with Gasteiger partial charge in [-0.05, 0) is 34.1 Å². The lowest BCUT2D eigenvalue weighted by Crippen LogP contribution is -2.05. The maximum absolute atomic E-state index is 4.27. The van der Waals surface area contributed by atoms with Crippen molar-refractivity contribution in [3.05, 3.63) is 52.2 Å². The van der Waals surface area contributed by atoms with Crippen LogP contribution in [0, 0.1) is 0 Å². The van der Waals surface area contributed by atoms with Gasteiger partial charge < -0.3 is 5.32 Å². The molecule has 1 aromatic carbocycles. The molecule has 0 spiro atoms. The van der Waals surface area contributed by atoms with Crippen LogP contribution in [0.5, 0.6) is 0 Å². The van der Waals surface area contributed by atoms with Crippen molar-refractivity contribution in [3.63, 3.8) is 0 Å². The second-order valence-corrected chi connectivity index (χ2v) is 5.16. The van der Waals surface area contributed by atoms with Gasteiger partial charge in [-0.3, -0.25) is 4.57 Å². The number of nitrogens with zero attached hydrogens (tertiary/aromatic N) is 2. The fraction of sp³-hybridized carbons (Fsp3) is 0.0833. The lowest BCUT2D eigenvalue weighted by Gasteiger charge is -2.10. The Morgan fingerprint density at radius 1 is 1.41 bits per heavy atom. The van der Waals surface area contributed by atoms with Crippen LogP contribution in [0.4, 0.5) is 5.95 Å². The first-order valence-corrected chi connectivity index (χ1v) is 6.64. The van der Waals surface area contributed by atoms with Gasteiger partial charge in [0.25, 0.3) is 0 Å². The molecular formula is C12H11Br2N3. The summed E-state index contributed by atoms with van der Waals surface area (Å²) in [6.45, 7) is 4.36. The number of hydrogen-bond acceptors (Lipinski definition) is 2. The lowest BCUT2D eigenvalue weighted by molar-refractivity contribution is 1.03. The van der Waals surface area contributed by atoms with Crippen molar-refractivity contribution < 1.29 is 0 Å². The third kappa shape index (κ3) is 2.79. The maximum atomic E-state index is 4.27. The van der Waals surface area contributed by atoms with E-state index >= 15 is 0 Å². The molecule has 2 aromatic rings. The first-order chi connectivity index (χ1) is 8.22. The summed E-state index contributed by atoms with van der Waals surface area (Å²) in [4.78, 5) is 4.27. The normalized spacial score (nSPS) is 10.2. The summed E-state index contributed by atoms with van der Waals surface area (Å²) in [6.07, 6.45) is 5.48. The molecule has 0 amide bonds. The van der Waals surface area contributed by atoms with Gasteiger partial charge in [-0.15, -0.1) is 6.58 Å². The summed E-state index contributed by atoms with van der Waals surface area (Å²) < 4.78 is 4.03. The summed E-state index contributed by atoms with van der Waals surface area (Å²) in [5, 5.41) is 3.18. The van der Waals surface area contributed by atoms with Crippen LogP contribution in [0.15, 0.2) is 52.2 Å². The van der Waals surface area contributed by atoms with E-state index in [0.717, 1.165) is 20.6 Å². The molecule has 0 saturated heterocycles. The van der Waals surface area contributed by atoms with Crippen LogP contribution in [-0.2, 0) is 0 Å². The van der Waals surface area contributed by atoms with Crippen molar-refractivity contribution in [2.75, 3.05) is 11.9 Å². The van der Waals surface area contributed by atoms with Gasteiger partial charge in [0.1, 0.15) is 0 Å². The molecule has 88 valence electrons. The summed E-state index contributed by atoms with van der Waals surface area (Å²) >= 11 is 6.98. The van der Waals surface area contributed by atoms with Crippen LogP contribution in [-0.4, -0.2) is 16.1 Å². The molecule has 0 bridgehead atoms. The van der Waals surface area contributed by atoms with Crippen LogP contribution < -0.4 is 5.32 Å². The quantitative estimate of drug-likeness (QED) is 0.839. The molecule has 0 atom stereocenters. The molecule has 2 rings (SSSR count). The Balaban J connectivity index is 2.38. The fourth-order valence-corrected chi connectivity index (χ4v) is 2.71. The van der Waals surface area contributed by atoms with E-state index in [2.05, 4.69) is 48.7 Å². The summed E-state index contributed by atoms with van der Waals surface area (Å²) in [6, 6.07) is 6.03.